The molecule has 1 atom stereocenters. The number of carbonyl (C=O) groups is 2. The van der Waals surface area contributed by atoms with E-state index in [2.05, 4.69) is 26.1 Å². The molecule has 2 aliphatic rings. The zero-order chi connectivity index (χ0) is 27.3. The van der Waals surface area contributed by atoms with Crippen LogP contribution in [0.25, 0.3) is 27.8 Å². The first kappa shape index (κ1) is 25.2. The highest BCUT2D eigenvalue weighted by atomic mass is 79.9. The first-order valence-electron chi connectivity index (χ1n) is 12.7. The van der Waals surface area contributed by atoms with Gasteiger partial charge in [-0.05, 0) is 57.4 Å². The summed E-state index contributed by atoms with van der Waals surface area (Å²) in [6.07, 6.45) is 5.81. The number of ether oxygens (including phenoxy) is 1. The number of fused-ring (bicyclic) bond motifs is 5. The van der Waals surface area contributed by atoms with Gasteiger partial charge in [0.15, 0.2) is 0 Å². The van der Waals surface area contributed by atoms with Gasteiger partial charge in [-0.1, -0.05) is 45.4 Å². The smallest absolute Gasteiger partial charge is 0.411 e. The minimum Gasteiger partial charge on any atom is -0.444 e. The molecule has 4 aromatic rings. The second kappa shape index (κ2) is 9.60. The van der Waals surface area contributed by atoms with Gasteiger partial charge >= 0.3 is 12.1 Å². The average Bonchev–Trinajstić information content (AvgIpc) is 3.65. The third-order valence-corrected chi connectivity index (χ3v) is 7.24. The molecule has 1 aliphatic heterocycles. The molecule has 0 radical (unpaired) electrons. The summed E-state index contributed by atoms with van der Waals surface area (Å²) >= 11 is 3.59. The molecule has 1 aliphatic carbocycles. The molecule has 198 valence electrons. The van der Waals surface area contributed by atoms with Gasteiger partial charge in [-0.3, -0.25) is 9.47 Å². The summed E-state index contributed by atoms with van der Waals surface area (Å²) < 4.78 is 8.25. The molecule has 0 N–H and O–H groups in total. The molecule has 1 amide bonds. The van der Waals surface area contributed by atoms with Crippen LogP contribution in [-0.2, 0) is 14.4 Å². The van der Waals surface area contributed by atoms with Crippen LogP contribution in [-0.4, -0.2) is 55.4 Å². The SMILES string of the molecule is CC(C)(C)OC(=O)N1CCCC1C(=O)O/N=C1\c2ccccc2-c2c1c(-n1ccnc1)nc1ccc(Br)cc21. The summed E-state index contributed by atoms with van der Waals surface area (Å²) in [6, 6.07) is 13.0. The lowest BCUT2D eigenvalue weighted by atomic mass is 10.0. The Morgan fingerprint density at radius 3 is 2.64 bits per heavy atom. The maximum atomic E-state index is 13.3. The van der Waals surface area contributed by atoms with E-state index in [1.807, 2.05) is 53.2 Å². The third kappa shape index (κ3) is 4.58. The second-order valence-electron chi connectivity index (χ2n) is 10.5. The molecule has 1 saturated heterocycles. The van der Waals surface area contributed by atoms with Gasteiger partial charge in [-0.25, -0.2) is 19.6 Å². The Labute approximate surface area is 233 Å². The standard InChI is InChI=1S/C29H26BrN5O4/c1-29(2,3)38-28(37)35-13-6-9-22(35)27(36)39-33-25-19-8-5-4-7-18(19)23-20-15-17(30)10-11-21(20)32-26(24(23)25)34-14-12-31-16-34/h4-5,7-8,10-12,14-16,22H,6,9,13H2,1-3H3/b33-25+. The number of hydrogen-bond donors (Lipinski definition) is 0. The van der Waals surface area contributed by atoms with Crippen molar-refractivity contribution in [2.24, 2.45) is 5.16 Å². The zero-order valence-electron chi connectivity index (χ0n) is 21.7. The number of benzene rings is 2. The van der Waals surface area contributed by atoms with Crippen LogP contribution < -0.4 is 0 Å². The number of likely N-dealkylation sites (tertiary alicyclic amines) is 1. The van der Waals surface area contributed by atoms with Gasteiger partial charge in [0, 0.05) is 39.9 Å². The molecule has 3 heterocycles. The molecule has 1 unspecified atom stereocenters. The first-order chi connectivity index (χ1) is 18.7. The number of hydrogen-bond acceptors (Lipinski definition) is 7. The van der Waals surface area contributed by atoms with Crippen molar-refractivity contribution in [3.63, 3.8) is 0 Å². The topological polar surface area (TPSA) is 98.9 Å². The largest absolute Gasteiger partial charge is 0.444 e. The lowest BCUT2D eigenvalue weighted by molar-refractivity contribution is -0.148. The molecule has 39 heavy (non-hydrogen) atoms. The zero-order valence-corrected chi connectivity index (χ0v) is 23.3. The molecule has 9 nitrogen and oxygen atoms in total. The molecular formula is C29H26BrN5O4. The summed E-state index contributed by atoms with van der Waals surface area (Å²) in [4.78, 5) is 42.2. The average molecular weight is 588 g/mol. The van der Waals surface area contributed by atoms with E-state index in [9.17, 15) is 9.59 Å². The van der Waals surface area contributed by atoms with E-state index in [4.69, 9.17) is 14.6 Å². The number of carbonyl (C=O) groups excluding carboxylic acids is 2. The van der Waals surface area contributed by atoms with Gasteiger partial charge in [0.1, 0.15) is 29.5 Å². The Bertz CT molecular complexity index is 1640. The summed E-state index contributed by atoms with van der Waals surface area (Å²) in [6.45, 7) is 5.81. The van der Waals surface area contributed by atoms with Crippen molar-refractivity contribution >= 4 is 44.6 Å². The quantitative estimate of drug-likeness (QED) is 0.194. The van der Waals surface area contributed by atoms with Crippen LogP contribution in [0.5, 0.6) is 0 Å². The van der Waals surface area contributed by atoms with Crippen LogP contribution in [0.15, 0.2) is 70.8 Å². The predicted molar refractivity (Wildman–Crippen MR) is 150 cm³/mol. The number of amides is 1. The number of imidazole rings is 1. The monoisotopic (exact) mass is 587 g/mol. The van der Waals surface area contributed by atoms with E-state index in [1.165, 1.54) is 4.90 Å². The fourth-order valence-electron chi connectivity index (χ4n) is 5.14. The Balaban J connectivity index is 1.44. The van der Waals surface area contributed by atoms with Gasteiger partial charge < -0.3 is 9.57 Å². The van der Waals surface area contributed by atoms with Crippen LogP contribution in [0, 0.1) is 0 Å². The highest BCUT2D eigenvalue weighted by Crippen LogP contribution is 2.44. The first-order valence-corrected chi connectivity index (χ1v) is 13.5. The van der Waals surface area contributed by atoms with E-state index in [1.54, 1.807) is 33.3 Å². The Kier molecular flexibility index (Phi) is 6.22. The van der Waals surface area contributed by atoms with Crippen molar-refractivity contribution in [1.82, 2.24) is 19.4 Å². The van der Waals surface area contributed by atoms with Crippen LogP contribution in [0.4, 0.5) is 4.79 Å². The van der Waals surface area contributed by atoms with E-state index >= 15 is 0 Å². The summed E-state index contributed by atoms with van der Waals surface area (Å²) in [5.74, 6) is 0.0250. The van der Waals surface area contributed by atoms with Gasteiger partial charge in [0.05, 0.1) is 11.1 Å². The van der Waals surface area contributed by atoms with Crippen molar-refractivity contribution in [1.29, 1.82) is 0 Å². The predicted octanol–water partition coefficient (Wildman–Crippen LogP) is 5.86. The number of nitrogens with zero attached hydrogens (tertiary/aromatic N) is 5. The minimum atomic E-state index is -0.765. The molecule has 0 bridgehead atoms. The third-order valence-electron chi connectivity index (χ3n) is 6.74. The van der Waals surface area contributed by atoms with Crippen molar-refractivity contribution in [3.05, 3.63) is 76.8 Å². The number of pyridine rings is 1. The van der Waals surface area contributed by atoms with Gasteiger partial charge in [-0.15, -0.1) is 0 Å². The van der Waals surface area contributed by atoms with E-state index in [0.717, 1.165) is 37.6 Å². The van der Waals surface area contributed by atoms with Crippen LogP contribution in [0.1, 0.15) is 44.7 Å². The Morgan fingerprint density at radius 2 is 1.90 bits per heavy atom. The highest BCUT2D eigenvalue weighted by Gasteiger charge is 2.39. The molecule has 6 rings (SSSR count). The van der Waals surface area contributed by atoms with Gasteiger partial charge in [0.2, 0.25) is 0 Å². The molecule has 2 aromatic carbocycles. The minimum absolute atomic E-state index is 0.423. The number of rotatable bonds is 3. The number of oxime groups is 1. The molecule has 2 aromatic heterocycles. The van der Waals surface area contributed by atoms with Crippen molar-refractivity contribution in [2.45, 2.75) is 45.3 Å². The van der Waals surface area contributed by atoms with Crippen LogP contribution in [0.3, 0.4) is 0 Å². The Morgan fingerprint density at radius 1 is 1.10 bits per heavy atom. The lowest BCUT2D eigenvalue weighted by Crippen LogP contribution is -2.43. The number of halogens is 1. The molecular weight excluding hydrogens is 562 g/mol. The molecule has 10 heteroatoms. The maximum absolute atomic E-state index is 13.3. The summed E-state index contributed by atoms with van der Waals surface area (Å²) in [5.41, 5.74) is 4.12. The van der Waals surface area contributed by atoms with Crippen molar-refractivity contribution in [2.75, 3.05) is 6.54 Å². The van der Waals surface area contributed by atoms with Crippen molar-refractivity contribution in [3.8, 4) is 16.9 Å². The van der Waals surface area contributed by atoms with Gasteiger partial charge in [0.25, 0.3) is 0 Å². The number of aromatic nitrogens is 3. The summed E-state index contributed by atoms with van der Waals surface area (Å²) in [5, 5.41) is 5.37. The fraction of sp³-hybridized carbons (Fsp3) is 0.276. The Hall–Kier alpha value is -4.05. The summed E-state index contributed by atoms with van der Waals surface area (Å²) in [7, 11) is 0. The maximum Gasteiger partial charge on any atom is 0.411 e. The van der Waals surface area contributed by atoms with Gasteiger partial charge in [-0.2, -0.15) is 0 Å². The second-order valence-corrected chi connectivity index (χ2v) is 11.5. The molecule has 0 spiro atoms. The molecule has 1 fully saturated rings. The fourth-order valence-corrected chi connectivity index (χ4v) is 5.50. The molecule has 0 saturated carbocycles. The van der Waals surface area contributed by atoms with E-state index in [-0.39, 0.29) is 0 Å². The normalized spacial score (nSPS) is 17.4. The van der Waals surface area contributed by atoms with Crippen LogP contribution in [0.2, 0.25) is 0 Å². The van der Waals surface area contributed by atoms with E-state index in [0.29, 0.717) is 30.9 Å². The van der Waals surface area contributed by atoms with Crippen LogP contribution >= 0.6 is 15.9 Å². The highest BCUT2D eigenvalue weighted by molar-refractivity contribution is 9.10. The lowest BCUT2D eigenvalue weighted by Gasteiger charge is -2.27. The van der Waals surface area contributed by atoms with E-state index < -0.39 is 23.7 Å². The van der Waals surface area contributed by atoms with Crippen molar-refractivity contribution < 1.29 is 19.2 Å².